The summed E-state index contributed by atoms with van der Waals surface area (Å²) >= 11 is 5.96. The lowest BCUT2D eigenvalue weighted by molar-refractivity contribution is -0.131. The molecule has 1 fully saturated rings. The number of β-lactam (4-membered cyclic amide) rings is 1. The van der Waals surface area contributed by atoms with Gasteiger partial charge in [-0.2, -0.15) is 0 Å². The van der Waals surface area contributed by atoms with E-state index in [2.05, 4.69) is 0 Å². The molecule has 9 heteroatoms. The van der Waals surface area contributed by atoms with E-state index in [0.29, 0.717) is 34.6 Å². The van der Waals surface area contributed by atoms with Crippen LogP contribution in [0.1, 0.15) is 36.1 Å². The molecule has 1 heterocycles. The zero-order chi connectivity index (χ0) is 27.7. The number of carbonyl (C=O) groups excluding carboxylic acids is 1. The first kappa shape index (κ1) is 27.1. The Bertz CT molecular complexity index is 1520. The normalized spacial score (nSPS) is 18.1. The van der Waals surface area contributed by atoms with Gasteiger partial charge in [0, 0.05) is 16.3 Å². The number of amides is 1. The number of nitrogens with zero attached hydrogens (tertiary/aromatic N) is 1. The van der Waals surface area contributed by atoms with Crippen molar-refractivity contribution in [2.24, 2.45) is 5.92 Å². The second-order valence-corrected chi connectivity index (χ2v) is 11.6. The van der Waals surface area contributed by atoms with E-state index in [1.165, 1.54) is 12.1 Å². The van der Waals surface area contributed by atoms with Crippen LogP contribution >= 0.6 is 19.2 Å². The number of halogens is 1. The van der Waals surface area contributed by atoms with Crippen molar-refractivity contribution in [2.45, 2.75) is 25.0 Å². The summed E-state index contributed by atoms with van der Waals surface area (Å²) in [6.45, 7) is 0. The van der Waals surface area contributed by atoms with Crippen molar-refractivity contribution < 1.29 is 29.4 Å². The van der Waals surface area contributed by atoms with Crippen LogP contribution in [0.3, 0.4) is 0 Å². The summed E-state index contributed by atoms with van der Waals surface area (Å²) < 4.78 is 11.5. The van der Waals surface area contributed by atoms with Crippen LogP contribution in [0.25, 0.3) is 11.1 Å². The molecule has 1 aliphatic heterocycles. The van der Waals surface area contributed by atoms with Crippen LogP contribution in [0, 0.1) is 5.92 Å². The summed E-state index contributed by atoms with van der Waals surface area (Å²) in [5.74, 6) is -0.509. The summed E-state index contributed by atoms with van der Waals surface area (Å²) in [7, 11) is -4.35. The molecule has 0 aliphatic carbocycles. The van der Waals surface area contributed by atoms with Crippen molar-refractivity contribution >= 4 is 36.1 Å². The van der Waals surface area contributed by atoms with E-state index in [4.69, 9.17) is 11.6 Å². The first-order valence-corrected chi connectivity index (χ1v) is 14.4. The van der Waals surface area contributed by atoms with Gasteiger partial charge in [0.25, 0.3) is 0 Å². The number of phenols is 1. The average molecular weight is 564 g/mol. The first-order valence-electron chi connectivity index (χ1n) is 12.4. The van der Waals surface area contributed by atoms with Gasteiger partial charge in [-0.1, -0.05) is 66.2 Å². The molecule has 0 spiro atoms. The molecule has 1 aliphatic rings. The lowest BCUT2D eigenvalue weighted by Gasteiger charge is -2.48. The predicted octanol–water partition coefficient (Wildman–Crippen LogP) is 5.73. The van der Waals surface area contributed by atoms with Crippen molar-refractivity contribution in [3.63, 3.8) is 0 Å². The summed E-state index contributed by atoms with van der Waals surface area (Å²) in [5.41, 5.74) is 3.37. The molecule has 3 atom stereocenters. The number of aromatic hydroxyl groups is 1. The van der Waals surface area contributed by atoms with Gasteiger partial charge in [-0.15, -0.1) is 0 Å². The van der Waals surface area contributed by atoms with E-state index in [1.54, 1.807) is 53.4 Å². The molecule has 1 amide bonds. The molecule has 4 N–H and O–H groups in total. The molecular formula is C30H27ClNO6P. The molecule has 200 valence electrons. The topological polar surface area (TPSA) is 118 Å². The number of anilines is 1. The van der Waals surface area contributed by atoms with Gasteiger partial charge in [-0.05, 0) is 72.0 Å². The Balaban J connectivity index is 1.42. The Hall–Kier alpha value is -3.45. The lowest BCUT2D eigenvalue weighted by Crippen LogP contribution is -2.55. The lowest BCUT2D eigenvalue weighted by atomic mass is 9.77. The fraction of sp³-hybridized carbons (Fsp3) is 0.167. The maximum Gasteiger partial charge on any atom is 0.356 e. The van der Waals surface area contributed by atoms with E-state index in [0.717, 1.165) is 11.3 Å². The molecule has 39 heavy (non-hydrogen) atoms. The minimum Gasteiger partial charge on any atom is -0.508 e. The molecule has 0 saturated carbocycles. The van der Waals surface area contributed by atoms with Gasteiger partial charge in [0.05, 0.1) is 23.4 Å². The average Bonchev–Trinajstić information content (AvgIpc) is 2.92. The quantitative estimate of drug-likeness (QED) is 0.160. The highest BCUT2D eigenvalue weighted by atomic mass is 35.5. The fourth-order valence-electron chi connectivity index (χ4n) is 5.07. The van der Waals surface area contributed by atoms with Gasteiger partial charge in [-0.25, -0.2) is 0 Å². The number of rotatable bonds is 8. The number of hydrogen-bond acceptors (Lipinski definition) is 4. The van der Waals surface area contributed by atoms with Crippen LogP contribution in [-0.2, 0) is 9.36 Å². The Kier molecular flexibility index (Phi) is 7.63. The van der Waals surface area contributed by atoms with Gasteiger partial charge in [0.2, 0.25) is 5.91 Å². The summed E-state index contributed by atoms with van der Waals surface area (Å²) in [6, 6.07) is 26.9. The SMILES string of the molecule is O=C1C(CCC(O)c2ccc(Cl)cc2)C(c2ccc(-c3ccc(P(=O)(O)O)cc3)cc2O)N1c1ccccc1. The van der Waals surface area contributed by atoms with Crippen molar-refractivity contribution in [3.05, 3.63) is 113 Å². The van der Waals surface area contributed by atoms with E-state index >= 15 is 0 Å². The van der Waals surface area contributed by atoms with Crippen molar-refractivity contribution in [1.82, 2.24) is 0 Å². The summed E-state index contributed by atoms with van der Waals surface area (Å²) in [6.07, 6.45) is 0.0254. The molecule has 7 nitrogen and oxygen atoms in total. The molecule has 1 saturated heterocycles. The Morgan fingerprint density at radius 2 is 1.51 bits per heavy atom. The van der Waals surface area contributed by atoms with Crippen LogP contribution in [0.2, 0.25) is 5.02 Å². The molecule has 5 rings (SSSR count). The molecule has 0 aromatic heterocycles. The molecule has 4 aromatic rings. The Morgan fingerprint density at radius 1 is 0.872 bits per heavy atom. The highest BCUT2D eigenvalue weighted by molar-refractivity contribution is 7.60. The van der Waals surface area contributed by atoms with Gasteiger partial charge in [0.1, 0.15) is 5.75 Å². The maximum absolute atomic E-state index is 13.3. The number of hydrogen-bond donors (Lipinski definition) is 4. The zero-order valence-electron chi connectivity index (χ0n) is 20.8. The third kappa shape index (κ3) is 5.64. The van der Waals surface area contributed by atoms with Crippen LogP contribution in [0.5, 0.6) is 5.75 Å². The highest BCUT2D eigenvalue weighted by Crippen LogP contribution is 2.49. The summed E-state index contributed by atoms with van der Waals surface area (Å²) in [4.78, 5) is 33.7. The third-order valence-electron chi connectivity index (χ3n) is 7.14. The Morgan fingerprint density at radius 3 is 2.13 bits per heavy atom. The van der Waals surface area contributed by atoms with Crippen LogP contribution in [0.4, 0.5) is 5.69 Å². The second kappa shape index (κ2) is 11.0. The van der Waals surface area contributed by atoms with Crippen molar-refractivity contribution in [3.8, 4) is 16.9 Å². The molecule has 4 aromatic carbocycles. The van der Waals surface area contributed by atoms with Crippen molar-refractivity contribution in [1.29, 1.82) is 0 Å². The minimum absolute atomic E-state index is 0.00763. The van der Waals surface area contributed by atoms with E-state index < -0.39 is 25.7 Å². The first-order chi connectivity index (χ1) is 18.6. The molecule has 0 radical (unpaired) electrons. The van der Waals surface area contributed by atoms with Gasteiger partial charge >= 0.3 is 7.60 Å². The third-order valence-corrected chi connectivity index (χ3v) is 8.36. The number of para-hydroxylation sites is 1. The van der Waals surface area contributed by atoms with Crippen LogP contribution < -0.4 is 10.2 Å². The van der Waals surface area contributed by atoms with Gasteiger partial charge in [0.15, 0.2) is 0 Å². The minimum atomic E-state index is -4.35. The van der Waals surface area contributed by atoms with E-state index in [9.17, 15) is 29.4 Å². The number of aliphatic hydroxyl groups is 1. The van der Waals surface area contributed by atoms with Crippen molar-refractivity contribution in [2.75, 3.05) is 4.90 Å². The number of phenolic OH excluding ortho intramolecular Hbond substituents is 1. The number of benzene rings is 4. The summed E-state index contributed by atoms with van der Waals surface area (Å²) in [5, 5.41) is 22.3. The van der Waals surface area contributed by atoms with Gasteiger partial charge < -0.3 is 24.9 Å². The zero-order valence-corrected chi connectivity index (χ0v) is 22.4. The largest absolute Gasteiger partial charge is 0.508 e. The van der Waals surface area contributed by atoms with E-state index in [1.807, 2.05) is 36.4 Å². The molecular weight excluding hydrogens is 537 g/mol. The monoisotopic (exact) mass is 563 g/mol. The van der Waals surface area contributed by atoms with Gasteiger partial charge in [-0.3, -0.25) is 9.36 Å². The number of carbonyl (C=O) groups is 1. The van der Waals surface area contributed by atoms with Crippen LogP contribution in [0.15, 0.2) is 97.1 Å². The van der Waals surface area contributed by atoms with E-state index in [-0.39, 0.29) is 17.0 Å². The standard InChI is InChI=1S/C30H27ClNO6P/c31-22-11-6-20(7-12-22)27(33)17-16-26-29(32(30(26)35)23-4-2-1-3-5-23)25-15-10-21(18-28(25)34)19-8-13-24(14-9-19)39(36,37)38/h1-15,18,26-27,29,33-34H,16-17H2,(H2,36,37,38). The smallest absolute Gasteiger partial charge is 0.356 e. The fourth-order valence-corrected chi connectivity index (χ4v) is 5.74. The maximum atomic E-state index is 13.3. The Labute approximate surface area is 231 Å². The predicted molar refractivity (Wildman–Crippen MR) is 151 cm³/mol. The molecule has 0 bridgehead atoms. The highest BCUT2D eigenvalue weighted by Gasteiger charge is 2.49. The second-order valence-electron chi connectivity index (χ2n) is 9.60. The van der Waals surface area contributed by atoms with Crippen LogP contribution in [-0.4, -0.2) is 25.9 Å². The molecule has 3 unspecified atom stereocenters. The number of aliphatic hydroxyl groups excluding tert-OH is 1.